The van der Waals surface area contributed by atoms with E-state index in [0.29, 0.717) is 0 Å². The quantitative estimate of drug-likeness (QED) is 0.390. The molecule has 0 aromatic rings. The largest absolute Gasteiger partial charge is 0 e. The molecule has 0 rings (SSSR count). The average molecular weight is 145 g/mol. The molecule has 0 aliphatic rings. The molecule has 0 bridgehead atoms. The summed E-state index contributed by atoms with van der Waals surface area (Å²) in [7, 11) is 0. The molecule has 0 aliphatic carbocycles. The van der Waals surface area contributed by atoms with E-state index < -0.39 is 0 Å². The van der Waals surface area contributed by atoms with Crippen LogP contribution in [0.2, 0.25) is 0 Å². The van der Waals surface area contributed by atoms with E-state index in [0.717, 1.165) is 0 Å². The minimum absolute atomic E-state index is 0. The predicted molar refractivity (Wildman–Crippen MR) is 21.9 cm³/mol. The van der Waals surface area contributed by atoms with Crippen molar-refractivity contribution in [3.05, 3.63) is 7.43 Å². The van der Waals surface area contributed by atoms with Crippen molar-refractivity contribution in [3.63, 3.8) is 0 Å². The van der Waals surface area contributed by atoms with Crippen molar-refractivity contribution >= 4 is 48.7 Å². The van der Waals surface area contributed by atoms with Crippen LogP contribution in [0.4, 0.5) is 0 Å². The number of hydrogen-bond donors (Lipinski definition) is 0. The Hall–Kier alpha value is 1.68. The zero-order valence-electron chi connectivity index (χ0n) is 4.15. The summed E-state index contributed by atoms with van der Waals surface area (Å²) < 4.78 is 7.94. The van der Waals surface area contributed by atoms with Crippen LogP contribution in [0.5, 0.6) is 0 Å². The van der Waals surface area contributed by atoms with Gasteiger partial charge in [0.25, 0.3) is 0 Å². The minimum Gasteiger partial charge on any atom is 0 e. The zero-order chi connectivity index (χ0) is 2.00. The maximum atomic E-state index is 7.94. The zero-order valence-corrected chi connectivity index (χ0v) is 6.19. The van der Waals surface area contributed by atoms with Gasteiger partial charge in [0.15, 0.2) is 0 Å². The summed E-state index contributed by atoms with van der Waals surface area (Å²) in [5, 5.41) is 0. The van der Waals surface area contributed by atoms with E-state index in [-0.39, 0.29) is 61.6 Å². The van der Waals surface area contributed by atoms with Gasteiger partial charge in [0.1, 0.15) is 0 Å². The van der Waals surface area contributed by atoms with Crippen LogP contribution in [0, 0.1) is 7.43 Å². The van der Waals surface area contributed by atoms with Crippen LogP contribution in [0.3, 0.4) is 0 Å². The van der Waals surface area contributed by atoms with Gasteiger partial charge in [0.2, 0.25) is 0 Å². The maximum absolute atomic E-state index is 7.94. The van der Waals surface area contributed by atoms with Crippen LogP contribution in [-0.2, 0) is 25.0 Å². The molecule has 6 heteroatoms. The molecule has 0 atom stereocenters. The summed E-state index contributed by atoms with van der Waals surface area (Å²) in [6.45, 7) is 0. The molecule has 12 radical (unpaired) electrons. The van der Waals surface area contributed by atoms with Gasteiger partial charge in [-0.05, 0) is 0 Å². The van der Waals surface area contributed by atoms with Crippen LogP contribution >= 0.6 is 0 Å². The molecule has 0 unspecified atom stereocenters. The molecule has 0 heterocycles. The molecule has 0 fully saturated rings. The van der Waals surface area contributed by atoms with E-state index >= 15 is 0 Å². The van der Waals surface area contributed by atoms with Gasteiger partial charge in [0.05, 0.1) is 0 Å². The van der Waals surface area contributed by atoms with Gasteiger partial charge in [-0.2, -0.15) is 0 Å². The van der Waals surface area contributed by atoms with Crippen molar-refractivity contribution in [2.75, 3.05) is 0 Å². The van der Waals surface area contributed by atoms with E-state index in [1.165, 1.54) is 0 Å². The molecule has 0 amide bonds. The fourth-order valence-corrected chi connectivity index (χ4v) is 0. The fourth-order valence-electron chi connectivity index (χ4n) is 0. The Kier molecular flexibility index (Phi) is 1240. The maximum Gasteiger partial charge on any atom is 0 e. The third-order valence-electron chi connectivity index (χ3n) is 0. The van der Waals surface area contributed by atoms with Gasteiger partial charge in [0, 0.05) is 61.6 Å². The van der Waals surface area contributed by atoms with Crippen molar-refractivity contribution in [2.24, 2.45) is 0 Å². The SMILES string of the molecule is [C].[Li].[Li].[O].[O]=[Co].[Si]. The van der Waals surface area contributed by atoms with Gasteiger partial charge in [-0.1, -0.05) is 0 Å². The molecule has 0 aromatic carbocycles. The van der Waals surface area contributed by atoms with Gasteiger partial charge < -0.3 is 0 Å². The fraction of sp³-hybridized carbons (Fsp3) is 0. The summed E-state index contributed by atoms with van der Waals surface area (Å²) in [6.07, 6.45) is 0. The standard InChI is InChI=1S/C.Co.2Li.2O.Si. The van der Waals surface area contributed by atoms with E-state index in [4.69, 9.17) is 3.87 Å². The van der Waals surface area contributed by atoms with Gasteiger partial charge >= 0.3 is 19.5 Å². The summed E-state index contributed by atoms with van der Waals surface area (Å²) in [5.74, 6) is 0. The molecule has 0 spiro atoms. The number of hydrogen-bond acceptors (Lipinski definition) is 1. The topological polar surface area (TPSA) is 45.6 Å². The van der Waals surface area contributed by atoms with Crippen molar-refractivity contribution in [1.82, 2.24) is 0 Å². The smallest absolute Gasteiger partial charge is 0 e. The van der Waals surface area contributed by atoms with Crippen LogP contribution in [0.25, 0.3) is 0 Å². The first-order valence-electron chi connectivity index (χ1n) is 0.136. The summed E-state index contributed by atoms with van der Waals surface area (Å²) in [5.41, 5.74) is 0. The summed E-state index contributed by atoms with van der Waals surface area (Å²) >= 11 is 2.31. The third-order valence-corrected chi connectivity index (χ3v) is 0. The molecular weight excluding hydrogens is 145 g/mol. The minimum atomic E-state index is 0. The second-order valence-corrected chi connectivity index (χ2v) is 0. The second-order valence-electron chi connectivity index (χ2n) is 0. The van der Waals surface area contributed by atoms with Gasteiger partial charge in [-0.3, -0.25) is 0 Å². The van der Waals surface area contributed by atoms with Crippen LogP contribution in [0.1, 0.15) is 0 Å². The summed E-state index contributed by atoms with van der Waals surface area (Å²) in [6, 6.07) is 0. The molecule has 31 valence electrons. The van der Waals surface area contributed by atoms with E-state index in [1.54, 1.807) is 0 Å². The molecule has 2 nitrogen and oxygen atoms in total. The Morgan fingerprint density at radius 3 is 1.00 bits per heavy atom. The third kappa shape index (κ3) is 87.9. The Bertz CT molecular complexity index is 15.7. The first-order valence-corrected chi connectivity index (χ1v) is 0.561. The first kappa shape index (κ1) is 71.3. The molecule has 7 heavy (non-hydrogen) atoms. The van der Waals surface area contributed by atoms with Crippen molar-refractivity contribution < 1.29 is 25.0 Å². The molecule has 0 aliphatic heterocycles. The van der Waals surface area contributed by atoms with E-state index in [9.17, 15) is 0 Å². The van der Waals surface area contributed by atoms with Crippen LogP contribution in [-0.4, -0.2) is 48.7 Å². The second kappa shape index (κ2) is 122. The first-order chi connectivity index (χ1) is 1.00. The van der Waals surface area contributed by atoms with E-state index in [2.05, 4.69) is 15.7 Å². The van der Waals surface area contributed by atoms with Gasteiger partial charge in [-0.15, -0.1) is 0 Å². The molecule has 0 saturated heterocycles. The molecule has 0 saturated carbocycles. The average Bonchev–Trinajstić information content (AvgIpc) is 1.00. The summed E-state index contributed by atoms with van der Waals surface area (Å²) in [4.78, 5) is 0. The molecule has 0 N–H and O–H groups in total. The Morgan fingerprint density at radius 1 is 1.00 bits per heavy atom. The molecule has 0 aromatic heterocycles. The number of rotatable bonds is 0. The Balaban J connectivity index is -0.000000000500. The monoisotopic (exact) mass is 145 g/mol. The van der Waals surface area contributed by atoms with Crippen molar-refractivity contribution in [1.29, 1.82) is 0 Å². The Labute approximate surface area is 80.7 Å². The van der Waals surface area contributed by atoms with E-state index in [1.807, 2.05) is 0 Å². The normalized spacial score (nSPS) is 0.714. The van der Waals surface area contributed by atoms with Crippen LogP contribution < -0.4 is 0 Å². The predicted octanol–water partition coefficient (Wildman–Crippen LogP) is -1.30. The molecular formula is CCoLi2O2Si. The van der Waals surface area contributed by atoms with Crippen LogP contribution in [0.15, 0.2) is 0 Å². The van der Waals surface area contributed by atoms with Gasteiger partial charge in [-0.25, -0.2) is 0 Å². The van der Waals surface area contributed by atoms with Crippen molar-refractivity contribution in [2.45, 2.75) is 0 Å². The van der Waals surface area contributed by atoms with Crippen molar-refractivity contribution in [3.8, 4) is 0 Å². The Morgan fingerprint density at radius 2 is 1.00 bits per heavy atom.